The van der Waals surface area contributed by atoms with Gasteiger partial charge in [-0.2, -0.15) is 13.2 Å². The van der Waals surface area contributed by atoms with Crippen LogP contribution in [0.2, 0.25) is 0 Å². The first-order valence-corrected chi connectivity index (χ1v) is 18.3. The number of hydrogen-bond acceptors (Lipinski definition) is 9. The van der Waals surface area contributed by atoms with Crippen LogP contribution >= 0.6 is 0 Å². The van der Waals surface area contributed by atoms with E-state index in [0.717, 1.165) is 11.1 Å². The number of alkyl halides is 3. The summed E-state index contributed by atoms with van der Waals surface area (Å²) in [6.07, 6.45) is -2.64. The van der Waals surface area contributed by atoms with E-state index in [-0.39, 0.29) is 57.0 Å². The van der Waals surface area contributed by atoms with Crippen LogP contribution in [-0.4, -0.2) is 106 Å². The van der Waals surface area contributed by atoms with Crippen molar-refractivity contribution in [3.05, 3.63) is 71.8 Å². The largest absolute Gasteiger partial charge is 0.490 e. The van der Waals surface area contributed by atoms with Gasteiger partial charge in [-0.1, -0.05) is 74.5 Å². The van der Waals surface area contributed by atoms with Gasteiger partial charge in [-0.3, -0.25) is 24.0 Å². The van der Waals surface area contributed by atoms with Crippen molar-refractivity contribution in [2.75, 3.05) is 19.6 Å². The number of nitrogens with zero attached hydrogens (tertiary/aromatic N) is 1. The van der Waals surface area contributed by atoms with Gasteiger partial charge in [0.25, 0.3) is 0 Å². The van der Waals surface area contributed by atoms with Gasteiger partial charge in [0.15, 0.2) is 0 Å². The highest BCUT2D eigenvalue weighted by Gasteiger charge is 2.41. The Labute approximate surface area is 323 Å². The standard InChI is InChI=1S/C36H53N7O6.C2HF3O2/c1-24(2)21-29(32(45)40-28(15-9-10-18-37)34(47)43-19-16-36(39,17-20-43)35(48)49)42-33(46)30(23-26-13-7-4-8-14-26)41-31(44)27(38)22-25-11-5-3-6-12-25;3-2(4,5)1(6)7/h3-8,11-14,24,27-30H,9-10,15-23,37-39H2,1-2H3,(H,40,45)(H,41,44)(H,42,46)(H,48,49);(H,6,7)/t27-,28+,29+,30+;/m0./s1. The summed E-state index contributed by atoms with van der Waals surface area (Å²) in [4.78, 5) is 76.6. The molecule has 0 spiro atoms. The normalized spacial score (nSPS) is 15.9. The topological polar surface area (TPSA) is 260 Å². The molecule has 0 bridgehead atoms. The molecule has 0 aliphatic carbocycles. The molecule has 11 N–H and O–H groups in total. The molecule has 18 heteroatoms. The molecule has 1 heterocycles. The van der Waals surface area contributed by atoms with Crippen LogP contribution in [0, 0.1) is 5.92 Å². The van der Waals surface area contributed by atoms with Crippen molar-refractivity contribution in [3.8, 4) is 0 Å². The lowest BCUT2D eigenvalue weighted by atomic mass is 9.88. The Bertz CT molecular complexity index is 1590. The Morgan fingerprint density at radius 1 is 0.768 bits per heavy atom. The van der Waals surface area contributed by atoms with E-state index < -0.39 is 65.5 Å². The molecule has 2 aromatic rings. The molecule has 1 saturated heterocycles. The monoisotopic (exact) mass is 793 g/mol. The molecule has 2 aromatic carbocycles. The van der Waals surface area contributed by atoms with Gasteiger partial charge < -0.3 is 48.3 Å². The number of carboxylic acids is 2. The minimum Gasteiger partial charge on any atom is -0.480 e. The molecule has 0 radical (unpaired) electrons. The molecule has 0 aromatic heterocycles. The summed E-state index contributed by atoms with van der Waals surface area (Å²) < 4.78 is 31.7. The summed E-state index contributed by atoms with van der Waals surface area (Å²) in [5, 5.41) is 25.1. The summed E-state index contributed by atoms with van der Waals surface area (Å²) in [5.74, 6) is -5.79. The van der Waals surface area contributed by atoms with E-state index in [2.05, 4.69) is 16.0 Å². The average molecular weight is 794 g/mol. The maximum Gasteiger partial charge on any atom is 0.490 e. The second kappa shape index (κ2) is 22.5. The molecular formula is C38H54F3N7O8. The Morgan fingerprint density at radius 2 is 1.23 bits per heavy atom. The summed E-state index contributed by atoms with van der Waals surface area (Å²) in [7, 11) is 0. The van der Waals surface area contributed by atoms with E-state index in [4.69, 9.17) is 27.1 Å². The van der Waals surface area contributed by atoms with Crippen molar-refractivity contribution < 1.29 is 52.2 Å². The molecule has 15 nitrogen and oxygen atoms in total. The fourth-order valence-corrected chi connectivity index (χ4v) is 5.86. The molecule has 0 unspecified atom stereocenters. The molecule has 310 valence electrons. The highest BCUT2D eigenvalue weighted by molar-refractivity contribution is 5.95. The van der Waals surface area contributed by atoms with Crippen LogP contribution in [0.1, 0.15) is 63.5 Å². The van der Waals surface area contributed by atoms with Crippen LogP contribution in [0.4, 0.5) is 13.2 Å². The number of hydrogen-bond donors (Lipinski definition) is 8. The Kier molecular flexibility index (Phi) is 18.9. The fourth-order valence-electron chi connectivity index (χ4n) is 5.86. The SMILES string of the molecule is CC(C)C[C@@H](NC(=O)[C@@H](Cc1ccccc1)NC(=O)[C@@H](N)Cc1ccccc1)C(=O)N[C@H](CCCCN)C(=O)N1CCC(N)(C(=O)O)CC1.O=C(O)C(F)(F)F. The highest BCUT2D eigenvalue weighted by Crippen LogP contribution is 2.21. The van der Waals surface area contributed by atoms with Gasteiger partial charge >= 0.3 is 18.1 Å². The van der Waals surface area contributed by atoms with Crippen LogP contribution in [0.5, 0.6) is 0 Å². The fraction of sp³-hybridized carbons (Fsp3) is 0.526. The van der Waals surface area contributed by atoms with Crippen LogP contribution in [0.3, 0.4) is 0 Å². The van der Waals surface area contributed by atoms with E-state index in [1.54, 1.807) is 0 Å². The number of likely N-dealkylation sites (tertiary alicyclic amines) is 1. The quantitative estimate of drug-likeness (QED) is 0.100. The molecule has 1 aliphatic rings. The predicted octanol–water partition coefficient (Wildman–Crippen LogP) is 1.47. The number of benzene rings is 2. The van der Waals surface area contributed by atoms with E-state index in [1.165, 1.54) is 4.90 Å². The molecule has 4 amide bonds. The Hall–Kier alpha value is -5.07. The molecule has 56 heavy (non-hydrogen) atoms. The first kappa shape index (κ1) is 47.1. The summed E-state index contributed by atoms with van der Waals surface area (Å²) >= 11 is 0. The third kappa shape index (κ3) is 16.0. The van der Waals surface area contributed by atoms with Gasteiger partial charge in [0.05, 0.1) is 6.04 Å². The van der Waals surface area contributed by atoms with Gasteiger partial charge in [0.2, 0.25) is 23.6 Å². The number of nitrogens with one attached hydrogen (secondary N) is 3. The van der Waals surface area contributed by atoms with E-state index in [1.807, 2.05) is 74.5 Å². The van der Waals surface area contributed by atoms with Gasteiger partial charge in [-0.15, -0.1) is 0 Å². The third-order valence-electron chi connectivity index (χ3n) is 9.09. The first-order chi connectivity index (χ1) is 26.3. The van der Waals surface area contributed by atoms with Crippen molar-refractivity contribution in [3.63, 3.8) is 0 Å². The zero-order valence-electron chi connectivity index (χ0n) is 31.6. The Morgan fingerprint density at radius 3 is 1.70 bits per heavy atom. The number of carbonyl (C=O) groups excluding carboxylic acids is 4. The highest BCUT2D eigenvalue weighted by atomic mass is 19.4. The molecule has 3 rings (SSSR count). The number of rotatable bonds is 18. The maximum absolute atomic E-state index is 13.9. The summed E-state index contributed by atoms with van der Waals surface area (Å²) in [5.41, 5.74) is 18.2. The number of carbonyl (C=O) groups is 6. The maximum atomic E-state index is 13.9. The van der Waals surface area contributed by atoms with Crippen LogP contribution in [0.15, 0.2) is 60.7 Å². The number of piperidine rings is 1. The molecule has 0 saturated carbocycles. The second-order valence-corrected chi connectivity index (χ2v) is 14.2. The van der Waals surface area contributed by atoms with Crippen molar-refractivity contribution >= 4 is 35.6 Å². The molecule has 1 aliphatic heterocycles. The number of amides is 4. The van der Waals surface area contributed by atoms with Gasteiger partial charge in [0.1, 0.15) is 23.7 Å². The number of carboxylic acid groups (broad SMARTS) is 2. The molecule has 1 fully saturated rings. The second-order valence-electron chi connectivity index (χ2n) is 14.2. The van der Waals surface area contributed by atoms with E-state index in [0.29, 0.717) is 25.8 Å². The first-order valence-electron chi connectivity index (χ1n) is 18.3. The van der Waals surface area contributed by atoms with Crippen LogP contribution in [0.25, 0.3) is 0 Å². The average Bonchev–Trinajstić information content (AvgIpc) is 3.14. The smallest absolute Gasteiger partial charge is 0.480 e. The number of aliphatic carboxylic acids is 2. The zero-order valence-corrected chi connectivity index (χ0v) is 31.6. The lowest BCUT2D eigenvalue weighted by molar-refractivity contribution is -0.192. The van der Waals surface area contributed by atoms with E-state index in [9.17, 15) is 42.3 Å². The van der Waals surface area contributed by atoms with Gasteiger partial charge in [-0.05, 0) is 68.5 Å². The van der Waals surface area contributed by atoms with Crippen molar-refractivity contribution in [1.82, 2.24) is 20.9 Å². The number of unbranched alkanes of at least 4 members (excludes halogenated alkanes) is 1. The van der Waals surface area contributed by atoms with Gasteiger partial charge in [0, 0.05) is 19.5 Å². The van der Waals surface area contributed by atoms with Crippen molar-refractivity contribution in [2.24, 2.45) is 23.1 Å². The summed E-state index contributed by atoms with van der Waals surface area (Å²) in [6, 6.07) is 14.7. The van der Waals surface area contributed by atoms with Crippen molar-refractivity contribution in [1.29, 1.82) is 0 Å². The third-order valence-corrected chi connectivity index (χ3v) is 9.09. The van der Waals surface area contributed by atoms with Crippen molar-refractivity contribution in [2.45, 2.75) is 101 Å². The minimum atomic E-state index is -5.08. The van der Waals surface area contributed by atoms with Crippen LogP contribution in [-0.2, 0) is 41.6 Å². The van der Waals surface area contributed by atoms with E-state index >= 15 is 0 Å². The Balaban J connectivity index is 0.00000141. The lowest BCUT2D eigenvalue weighted by Crippen LogP contribution is -2.60. The minimum absolute atomic E-state index is 0.000286. The zero-order chi connectivity index (χ0) is 42.1. The van der Waals surface area contributed by atoms with Crippen LogP contribution < -0.4 is 33.2 Å². The predicted molar refractivity (Wildman–Crippen MR) is 200 cm³/mol. The molecule has 4 atom stereocenters. The number of nitrogens with two attached hydrogens (primary N) is 3. The summed E-state index contributed by atoms with van der Waals surface area (Å²) in [6.45, 7) is 4.53. The molecular weight excluding hydrogens is 739 g/mol. The van der Waals surface area contributed by atoms with Gasteiger partial charge in [-0.25, -0.2) is 4.79 Å². The lowest BCUT2D eigenvalue weighted by Gasteiger charge is -2.38. The number of halogens is 3.